The summed E-state index contributed by atoms with van der Waals surface area (Å²) in [6.07, 6.45) is 6.26. The Balaban J connectivity index is 2.30. The van der Waals surface area contributed by atoms with Gasteiger partial charge < -0.3 is 0 Å². The lowest BCUT2D eigenvalue weighted by molar-refractivity contribution is -0.117. The van der Waals surface area contributed by atoms with Crippen LogP contribution in [0.25, 0.3) is 0 Å². The van der Waals surface area contributed by atoms with Gasteiger partial charge in [-0.05, 0) is 24.2 Å². The van der Waals surface area contributed by atoms with E-state index in [-0.39, 0.29) is 0 Å². The van der Waals surface area contributed by atoms with E-state index in [1.807, 2.05) is 0 Å². The van der Waals surface area contributed by atoms with Crippen LogP contribution in [-0.4, -0.2) is 5.78 Å². The molecule has 2 rings (SSSR count). The van der Waals surface area contributed by atoms with Crippen LogP contribution in [0.3, 0.4) is 0 Å². The van der Waals surface area contributed by atoms with Crippen molar-refractivity contribution in [3.05, 3.63) is 11.6 Å². The van der Waals surface area contributed by atoms with E-state index in [9.17, 15) is 4.79 Å². The van der Waals surface area contributed by atoms with Crippen molar-refractivity contribution in [2.75, 3.05) is 0 Å². The van der Waals surface area contributed by atoms with E-state index in [0.717, 1.165) is 12.8 Å². The number of allylic oxidation sites excluding steroid dienone is 2. The van der Waals surface area contributed by atoms with Gasteiger partial charge in [0.2, 0.25) is 0 Å². The topological polar surface area (TPSA) is 17.1 Å². The molecule has 0 aliphatic heterocycles. The van der Waals surface area contributed by atoms with Crippen molar-refractivity contribution in [1.82, 2.24) is 0 Å². The average Bonchev–Trinajstić information content (AvgIpc) is 2.30. The molecule has 0 aromatic rings. The third-order valence-corrected chi connectivity index (χ3v) is 3.42. The Morgan fingerprint density at radius 2 is 2.25 bits per heavy atom. The molecule has 12 heavy (non-hydrogen) atoms. The normalized spacial score (nSPS) is 33.0. The second kappa shape index (κ2) is 2.45. The smallest absolute Gasteiger partial charge is 0.137 e. The quantitative estimate of drug-likeness (QED) is 0.503. The van der Waals surface area contributed by atoms with Crippen molar-refractivity contribution in [2.45, 2.75) is 39.5 Å². The molecule has 1 atom stereocenters. The fourth-order valence-corrected chi connectivity index (χ4v) is 2.58. The molecule has 0 aromatic carbocycles. The standard InChI is InChI=1S/C11H16O/c1-11(2)5-3-4-8-6-9(12)7-10(8)11/h4,10H,3,5-7H2,1-2H3. The van der Waals surface area contributed by atoms with Crippen LogP contribution >= 0.6 is 0 Å². The highest BCUT2D eigenvalue weighted by Crippen LogP contribution is 2.47. The Morgan fingerprint density at radius 1 is 1.50 bits per heavy atom. The highest BCUT2D eigenvalue weighted by Gasteiger charge is 2.40. The van der Waals surface area contributed by atoms with Gasteiger partial charge in [0.05, 0.1) is 0 Å². The van der Waals surface area contributed by atoms with Crippen LogP contribution in [0, 0.1) is 11.3 Å². The molecular formula is C11H16O. The summed E-state index contributed by atoms with van der Waals surface area (Å²) in [6.45, 7) is 4.59. The van der Waals surface area contributed by atoms with E-state index >= 15 is 0 Å². The second-order valence-corrected chi connectivity index (χ2v) is 4.78. The molecule has 66 valence electrons. The fourth-order valence-electron chi connectivity index (χ4n) is 2.58. The van der Waals surface area contributed by atoms with Crippen LogP contribution in [-0.2, 0) is 4.79 Å². The molecule has 0 radical (unpaired) electrons. The summed E-state index contributed by atoms with van der Waals surface area (Å²) in [6, 6.07) is 0. The predicted molar refractivity (Wildman–Crippen MR) is 48.8 cm³/mol. The fraction of sp³-hybridized carbons (Fsp3) is 0.727. The predicted octanol–water partition coefficient (Wildman–Crippen LogP) is 2.71. The van der Waals surface area contributed by atoms with E-state index in [1.54, 1.807) is 0 Å². The Morgan fingerprint density at radius 3 is 2.92 bits per heavy atom. The molecule has 0 spiro atoms. The first kappa shape index (κ1) is 8.03. The van der Waals surface area contributed by atoms with Crippen LogP contribution in [0.5, 0.6) is 0 Å². The van der Waals surface area contributed by atoms with Gasteiger partial charge in [0.15, 0.2) is 0 Å². The van der Waals surface area contributed by atoms with E-state index < -0.39 is 0 Å². The molecule has 0 heterocycles. The zero-order valence-electron chi connectivity index (χ0n) is 7.89. The van der Waals surface area contributed by atoms with Crippen molar-refractivity contribution in [2.24, 2.45) is 11.3 Å². The lowest BCUT2D eigenvalue weighted by atomic mass is 9.69. The molecule has 0 saturated heterocycles. The highest BCUT2D eigenvalue weighted by atomic mass is 16.1. The Labute approximate surface area is 73.8 Å². The average molecular weight is 164 g/mol. The van der Waals surface area contributed by atoms with Crippen LogP contribution in [0.15, 0.2) is 11.6 Å². The molecule has 1 unspecified atom stereocenters. The lowest BCUT2D eigenvalue weighted by Gasteiger charge is -2.35. The number of fused-ring (bicyclic) bond motifs is 1. The first-order chi connectivity index (χ1) is 5.59. The first-order valence-electron chi connectivity index (χ1n) is 4.80. The molecule has 1 heteroatoms. The van der Waals surface area contributed by atoms with E-state index in [0.29, 0.717) is 17.1 Å². The molecule has 1 fully saturated rings. The van der Waals surface area contributed by atoms with Gasteiger partial charge in [0.25, 0.3) is 0 Å². The molecular weight excluding hydrogens is 148 g/mol. The van der Waals surface area contributed by atoms with Crippen LogP contribution in [0.2, 0.25) is 0 Å². The lowest BCUT2D eigenvalue weighted by Crippen LogP contribution is -2.25. The minimum absolute atomic E-state index is 0.371. The first-order valence-corrected chi connectivity index (χ1v) is 4.80. The van der Waals surface area contributed by atoms with Gasteiger partial charge in [0.1, 0.15) is 5.78 Å². The minimum atomic E-state index is 0.371. The molecule has 1 nitrogen and oxygen atoms in total. The van der Waals surface area contributed by atoms with E-state index in [1.165, 1.54) is 18.4 Å². The van der Waals surface area contributed by atoms with E-state index in [2.05, 4.69) is 19.9 Å². The van der Waals surface area contributed by atoms with Crippen LogP contribution in [0.4, 0.5) is 0 Å². The van der Waals surface area contributed by atoms with Crippen molar-refractivity contribution in [1.29, 1.82) is 0 Å². The van der Waals surface area contributed by atoms with Crippen LogP contribution in [0.1, 0.15) is 39.5 Å². The summed E-state index contributed by atoms with van der Waals surface area (Å²) < 4.78 is 0. The third-order valence-electron chi connectivity index (χ3n) is 3.42. The molecule has 0 amide bonds. The molecule has 0 N–H and O–H groups in total. The summed E-state index contributed by atoms with van der Waals surface area (Å²) >= 11 is 0. The molecule has 0 bridgehead atoms. The van der Waals surface area contributed by atoms with Gasteiger partial charge >= 0.3 is 0 Å². The monoisotopic (exact) mass is 164 g/mol. The molecule has 0 aromatic heterocycles. The number of hydrogen-bond donors (Lipinski definition) is 0. The third kappa shape index (κ3) is 1.12. The minimum Gasteiger partial charge on any atom is -0.299 e. The SMILES string of the molecule is CC1(C)CCC=C2CC(=O)CC21. The van der Waals surface area contributed by atoms with Crippen molar-refractivity contribution in [3.63, 3.8) is 0 Å². The van der Waals surface area contributed by atoms with E-state index in [4.69, 9.17) is 0 Å². The van der Waals surface area contributed by atoms with Crippen LogP contribution < -0.4 is 0 Å². The number of rotatable bonds is 0. The van der Waals surface area contributed by atoms with Gasteiger partial charge in [-0.3, -0.25) is 4.79 Å². The second-order valence-electron chi connectivity index (χ2n) is 4.78. The Hall–Kier alpha value is -0.590. The number of carbonyl (C=O) groups is 1. The van der Waals surface area contributed by atoms with Gasteiger partial charge in [-0.15, -0.1) is 0 Å². The molecule has 2 aliphatic rings. The number of ketones is 1. The van der Waals surface area contributed by atoms with Crippen molar-refractivity contribution < 1.29 is 4.79 Å². The van der Waals surface area contributed by atoms with Gasteiger partial charge in [-0.25, -0.2) is 0 Å². The molecule has 2 aliphatic carbocycles. The molecule has 1 saturated carbocycles. The zero-order valence-corrected chi connectivity index (χ0v) is 7.89. The largest absolute Gasteiger partial charge is 0.299 e. The maximum absolute atomic E-state index is 11.3. The number of carbonyl (C=O) groups excluding carboxylic acids is 1. The van der Waals surface area contributed by atoms with Crippen molar-refractivity contribution in [3.8, 4) is 0 Å². The summed E-state index contributed by atoms with van der Waals surface area (Å²) in [5, 5.41) is 0. The summed E-state index contributed by atoms with van der Waals surface area (Å²) in [5.41, 5.74) is 1.80. The summed E-state index contributed by atoms with van der Waals surface area (Å²) in [5.74, 6) is 1.01. The highest BCUT2D eigenvalue weighted by molar-refractivity contribution is 5.85. The van der Waals surface area contributed by atoms with Gasteiger partial charge in [0, 0.05) is 12.8 Å². The zero-order chi connectivity index (χ0) is 8.77. The maximum atomic E-state index is 11.3. The summed E-state index contributed by atoms with van der Waals surface area (Å²) in [4.78, 5) is 11.3. The van der Waals surface area contributed by atoms with Gasteiger partial charge in [-0.1, -0.05) is 25.5 Å². The summed E-state index contributed by atoms with van der Waals surface area (Å²) in [7, 11) is 0. The Kier molecular flexibility index (Phi) is 1.64. The van der Waals surface area contributed by atoms with Gasteiger partial charge in [-0.2, -0.15) is 0 Å². The number of Topliss-reactive ketones (excluding diaryl/α,β-unsaturated/α-hetero) is 1. The van der Waals surface area contributed by atoms with Crippen molar-refractivity contribution >= 4 is 5.78 Å². The Bertz CT molecular complexity index is 248. The maximum Gasteiger partial charge on any atom is 0.137 e. The number of hydrogen-bond acceptors (Lipinski definition) is 1.